The number of nitrogens with zero attached hydrogens (tertiary/aromatic N) is 2. The van der Waals surface area contributed by atoms with Gasteiger partial charge in [0.25, 0.3) is 5.56 Å². The lowest BCUT2D eigenvalue weighted by molar-refractivity contribution is -0.140. The van der Waals surface area contributed by atoms with Gasteiger partial charge in [0.2, 0.25) is 0 Å². The highest BCUT2D eigenvalue weighted by Crippen LogP contribution is 2.32. The molecule has 0 aliphatic heterocycles. The molecule has 0 amide bonds. The summed E-state index contributed by atoms with van der Waals surface area (Å²) in [5, 5.41) is 9.75. The van der Waals surface area contributed by atoms with E-state index in [2.05, 4.69) is 15.3 Å². The van der Waals surface area contributed by atoms with Crippen LogP contribution in [0.25, 0.3) is 0 Å². The van der Waals surface area contributed by atoms with E-state index in [9.17, 15) is 9.59 Å². The molecule has 0 spiro atoms. The first-order valence-electron chi connectivity index (χ1n) is 6.70. The number of ether oxygens (including phenoxy) is 1. The van der Waals surface area contributed by atoms with E-state index in [0.29, 0.717) is 5.56 Å². The number of esters is 1. The van der Waals surface area contributed by atoms with Crippen LogP contribution >= 0.6 is 0 Å². The van der Waals surface area contributed by atoms with Crippen LogP contribution in [-0.2, 0) is 16.6 Å². The van der Waals surface area contributed by atoms with E-state index in [1.807, 2.05) is 20.9 Å². The molecule has 21 heavy (non-hydrogen) atoms. The van der Waals surface area contributed by atoms with Crippen molar-refractivity contribution in [1.82, 2.24) is 20.0 Å². The van der Waals surface area contributed by atoms with E-state index < -0.39 is 0 Å². The molecule has 2 aromatic heterocycles. The molecule has 2 aromatic rings. The zero-order valence-electron chi connectivity index (χ0n) is 12.9. The Morgan fingerprint density at radius 3 is 2.38 bits per heavy atom. The number of carbonyl (C=O) groups is 1. The lowest BCUT2D eigenvalue weighted by Crippen LogP contribution is -2.18. The van der Waals surface area contributed by atoms with E-state index in [1.165, 1.54) is 7.11 Å². The summed E-state index contributed by atoms with van der Waals surface area (Å²) in [4.78, 5) is 23.9. The van der Waals surface area contributed by atoms with Gasteiger partial charge < -0.3 is 9.84 Å². The van der Waals surface area contributed by atoms with Crippen LogP contribution in [-0.4, -0.2) is 33.1 Å². The SMILES string of the molecule is COC(=O)C[C@@H](c1c(C)nn(C)c1C)c1c(C)[nH][nH]c1=O. The van der Waals surface area contributed by atoms with Crippen LogP contribution < -0.4 is 5.56 Å². The van der Waals surface area contributed by atoms with Gasteiger partial charge in [0.15, 0.2) is 0 Å². The summed E-state index contributed by atoms with van der Waals surface area (Å²) in [6.45, 7) is 5.61. The molecule has 0 saturated carbocycles. The van der Waals surface area contributed by atoms with E-state index in [0.717, 1.165) is 22.6 Å². The smallest absolute Gasteiger partial charge is 0.306 e. The van der Waals surface area contributed by atoms with Crippen LogP contribution in [0.15, 0.2) is 4.79 Å². The number of carbonyl (C=O) groups excluding carboxylic acids is 1. The number of H-pyrrole nitrogens is 2. The number of aromatic nitrogens is 4. The van der Waals surface area contributed by atoms with Gasteiger partial charge in [-0.15, -0.1) is 0 Å². The van der Waals surface area contributed by atoms with Crippen molar-refractivity contribution in [2.45, 2.75) is 33.1 Å². The normalized spacial score (nSPS) is 12.4. The average Bonchev–Trinajstić information content (AvgIpc) is 2.88. The number of hydrogen-bond donors (Lipinski definition) is 2. The Balaban J connectivity index is 2.62. The van der Waals surface area contributed by atoms with Crippen LogP contribution in [0.3, 0.4) is 0 Å². The van der Waals surface area contributed by atoms with Crippen molar-refractivity contribution in [3.05, 3.63) is 38.6 Å². The van der Waals surface area contributed by atoms with Gasteiger partial charge in [-0.3, -0.25) is 19.4 Å². The fourth-order valence-electron chi connectivity index (χ4n) is 2.77. The quantitative estimate of drug-likeness (QED) is 0.824. The Kier molecular flexibility index (Phi) is 4.02. The van der Waals surface area contributed by atoms with Crippen LogP contribution in [0.2, 0.25) is 0 Å². The lowest BCUT2D eigenvalue weighted by atomic mass is 9.87. The Morgan fingerprint density at radius 2 is 1.95 bits per heavy atom. The van der Waals surface area contributed by atoms with Gasteiger partial charge >= 0.3 is 5.97 Å². The third-order valence-electron chi connectivity index (χ3n) is 3.87. The summed E-state index contributed by atoms with van der Waals surface area (Å²) in [5.74, 6) is -0.733. The monoisotopic (exact) mass is 292 g/mol. The van der Waals surface area contributed by atoms with Crippen molar-refractivity contribution in [1.29, 1.82) is 0 Å². The largest absolute Gasteiger partial charge is 0.469 e. The number of hydrogen-bond acceptors (Lipinski definition) is 4. The molecule has 1 atom stereocenters. The fraction of sp³-hybridized carbons (Fsp3) is 0.500. The molecule has 2 N–H and O–H groups in total. The van der Waals surface area contributed by atoms with Gasteiger partial charge in [0.1, 0.15) is 0 Å². The molecule has 0 fully saturated rings. The van der Waals surface area contributed by atoms with Gasteiger partial charge in [0.05, 0.1) is 19.2 Å². The lowest BCUT2D eigenvalue weighted by Gasteiger charge is -2.16. The summed E-state index contributed by atoms with van der Waals surface area (Å²) >= 11 is 0. The molecule has 2 heterocycles. The molecule has 0 saturated heterocycles. The maximum absolute atomic E-state index is 12.1. The molecule has 0 aliphatic carbocycles. The van der Waals surface area contributed by atoms with Gasteiger partial charge in [0, 0.05) is 35.5 Å². The van der Waals surface area contributed by atoms with Gasteiger partial charge in [-0.25, -0.2) is 0 Å². The van der Waals surface area contributed by atoms with E-state index >= 15 is 0 Å². The summed E-state index contributed by atoms with van der Waals surface area (Å²) in [5.41, 5.74) is 3.70. The van der Waals surface area contributed by atoms with E-state index in [4.69, 9.17) is 4.74 Å². The van der Waals surface area contributed by atoms with Crippen molar-refractivity contribution >= 4 is 5.97 Å². The highest BCUT2D eigenvalue weighted by atomic mass is 16.5. The van der Waals surface area contributed by atoms with Crippen LogP contribution in [0.1, 0.15) is 40.5 Å². The number of rotatable bonds is 4. The van der Waals surface area contributed by atoms with Gasteiger partial charge in [-0.1, -0.05) is 0 Å². The average molecular weight is 292 g/mol. The van der Waals surface area contributed by atoms with Gasteiger partial charge in [-0.2, -0.15) is 5.10 Å². The predicted molar refractivity (Wildman–Crippen MR) is 77.3 cm³/mol. The maximum atomic E-state index is 12.1. The molecule has 0 radical (unpaired) electrons. The molecule has 0 bridgehead atoms. The molecule has 0 aromatic carbocycles. The van der Waals surface area contributed by atoms with Crippen LogP contribution in [0, 0.1) is 20.8 Å². The molecule has 7 nitrogen and oxygen atoms in total. The maximum Gasteiger partial charge on any atom is 0.306 e. The van der Waals surface area contributed by atoms with E-state index in [1.54, 1.807) is 11.6 Å². The number of aromatic amines is 2. The molecule has 2 rings (SSSR count). The summed E-state index contributed by atoms with van der Waals surface area (Å²) in [6, 6.07) is 0. The first kappa shape index (κ1) is 15.1. The highest BCUT2D eigenvalue weighted by molar-refractivity contribution is 5.71. The molecular formula is C14H20N4O3. The predicted octanol–water partition coefficient (Wildman–Crippen LogP) is 1.06. The first-order chi connectivity index (χ1) is 9.86. The van der Waals surface area contributed by atoms with E-state index in [-0.39, 0.29) is 23.9 Å². The Morgan fingerprint density at radius 1 is 1.29 bits per heavy atom. The topological polar surface area (TPSA) is 92.8 Å². The Bertz CT molecular complexity index is 723. The second kappa shape index (κ2) is 5.59. The molecule has 0 unspecified atom stereocenters. The molecule has 7 heteroatoms. The zero-order chi connectivity index (χ0) is 15.7. The van der Waals surface area contributed by atoms with Crippen molar-refractivity contribution in [2.75, 3.05) is 7.11 Å². The van der Waals surface area contributed by atoms with Crippen LogP contribution in [0.5, 0.6) is 0 Å². The Hall–Kier alpha value is -2.31. The van der Waals surface area contributed by atoms with Crippen molar-refractivity contribution in [3.63, 3.8) is 0 Å². The van der Waals surface area contributed by atoms with Crippen molar-refractivity contribution in [2.24, 2.45) is 7.05 Å². The minimum atomic E-state index is -0.374. The summed E-state index contributed by atoms with van der Waals surface area (Å²) in [7, 11) is 3.19. The van der Waals surface area contributed by atoms with Gasteiger partial charge in [-0.05, 0) is 20.8 Å². The minimum Gasteiger partial charge on any atom is -0.469 e. The molecule has 0 aliphatic rings. The number of nitrogens with one attached hydrogen (secondary N) is 2. The zero-order valence-corrected chi connectivity index (χ0v) is 12.9. The summed E-state index contributed by atoms with van der Waals surface area (Å²) < 4.78 is 6.53. The molecule has 114 valence electrons. The number of methoxy groups -OCH3 is 1. The second-order valence-corrected chi connectivity index (χ2v) is 5.16. The minimum absolute atomic E-state index is 0.103. The van der Waals surface area contributed by atoms with Crippen LogP contribution in [0.4, 0.5) is 0 Å². The Labute approximate surface area is 122 Å². The number of aryl methyl sites for hydroxylation is 3. The third-order valence-corrected chi connectivity index (χ3v) is 3.87. The standard InChI is InChI=1S/C14H20N4O3/c1-7-13(14(20)16-15-7)10(6-11(19)21-5)12-8(2)17-18(4)9(12)3/h10H,6H2,1-5H3,(H2,15,16,20)/t10-/m0/s1. The van der Waals surface area contributed by atoms with Crippen molar-refractivity contribution < 1.29 is 9.53 Å². The van der Waals surface area contributed by atoms with Crippen molar-refractivity contribution in [3.8, 4) is 0 Å². The second-order valence-electron chi connectivity index (χ2n) is 5.16. The summed E-state index contributed by atoms with van der Waals surface area (Å²) in [6.07, 6.45) is 0.103. The fourth-order valence-corrected chi connectivity index (χ4v) is 2.77. The highest BCUT2D eigenvalue weighted by Gasteiger charge is 2.29. The molecular weight excluding hydrogens is 272 g/mol. The third kappa shape index (κ3) is 2.63. The first-order valence-corrected chi connectivity index (χ1v) is 6.70.